The van der Waals surface area contributed by atoms with Gasteiger partial charge in [0.15, 0.2) is 11.6 Å². The molecule has 148 valence electrons. The van der Waals surface area contributed by atoms with Crippen LogP contribution in [0, 0.1) is 17.5 Å². The van der Waals surface area contributed by atoms with E-state index in [0.29, 0.717) is 24.2 Å². The summed E-state index contributed by atoms with van der Waals surface area (Å²) in [4.78, 5) is 0. The maximum Gasteiger partial charge on any atom is 0.167 e. The molecule has 0 aliphatic carbocycles. The van der Waals surface area contributed by atoms with Gasteiger partial charge >= 0.3 is 0 Å². The topological polar surface area (TPSA) is 12.5 Å². The molecule has 1 atom stereocenters. The summed E-state index contributed by atoms with van der Waals surface area (Å²) >= 11 is 0. The molecule has 0 N–H and O–H groups in total. The zero-order chi connectivity index (χ0) is 20.4. The Labute approximate surface area is 168 Å². The van der Waals surface area contributed by atoms with Crippen LogP contribution in [-0.4, -0.2) is 6.61 Å². The molecule has 4 heteroatoms. The fourth-order valence-corrected chi connectivity index (χ4v) is 3.44. The average molecular weight is 394 g/mol. The molecule has 0 radical (unpaired) electrons. The highest BCUT2D eigenvalue weighted by atomic mass is 19.2. The van der Waals surface area contributed by atoms with Gasteiger partial charge in [-0.1, -0.05) is 60.7 Å². The third-order valence-corrected chi connectivity index (χ3v) is 5.17. The van der Waals surface area contributed by atoms with Crippen molar-refractivity contribution in [3.8, 4) is 11.1 Å². The third-order valence-electron chi connectivity index (χ3n) is 5.17. The summed E-state index contributed by atoms with van der Waals surface area (Å²) in [7, 11) is 0. The molecule has 1 nitrogen and oxygen atoms in total. The number of allylic oxidation sites excluding steroid dienone is 1. The fourth-order valence-electron chi connectivity index (χ4n) is 3.44. The maximum atomic E-state index is 14.5. The fraction of sp³-hybridized carbons (Fsp3) is 0.200. The maximum absolute atomic E-state index is 14.5. The van der Waals surface area contributed by atoms with Crippen molar-refractivity contribution >= 4 is 6.08 Å². The molecule has 1 heterocycles. The minimum atomic E-state index is -0.845. The molecular formula is C25H21F3O. The van der Waals surface area contributed by atoms with E-state index in [1.807, 2.05) is 31.2 Å². The molecule has 1 unspecified atom stereocenters. The molecule has 0 saturated carbocycles. The van der Waals surface area contributed by atoms with E-state index < -0.39 is 11.6 Å². The Kier molecular flexibility index (Phi) is 5.54. The summed E-state index contributed by atoms with van der Waals surface area (Å²) < 4.78 is 47.8. The predicted molar refractivity (Wildman–Crippen MR) is 109 cm³/mol. The van der Waals surface area contributed by atoms with Crippen LogP contribution in [0.5, 0.6) is 0 Å². The van der Waals surface area contributed by atoms with Crippen LogP contribution in [0.25, 0.3) is 17.2 Å². The van der Waals surface area contributed by atoms with Crippen LogP contribution in [0.3, 0.4) is 0 Å². The van der Waals surface area contributed by atoms with Crippen molar-refractivity contribution < 1.29 is 17.9 Å². The van der Waals surface area contributed by atoms with Crippen LogP contribution in [0.2, 0.25) is 0 Å². The van der Waals surface area contributed by atoms with Crippen LogP contribution >= 0.6 is 0 Å². The minimum absolute atomic E-state index is 0.228. The van der Waals surface area contributed by atoms with Gasteiger partial charge in [-0.25, -0.2) is 13.2 Å². The Morgan fingerprint density at radius 3 is 2.24 bits per heavy atom. The first-order valence-electron chi connectivity index (χ1n) is 9.66. The highest BCUT2D eigenvalue weighted by Gasteiger charge is 2.30. The molecule has 0 aromatic heterocycles. The van der Waals surface area contributed by atoms with Crippen molar-refractivity contribution in [1.29, 1.82) is 0 Å². The van der Waals surface area contributed by atoms with Crippen molar-refractivity contribution in [3.05, 3.63) is 100 Å². The van der Waals surface area contributed by atoms with Gasteiger partial charge in [-0.2, -0.15) is 0 Å². The lowest BCUT2D eigenvalue weighted by molar-refractivity contribution is 0.401. The number of benzene rings is 3. The molecular weight excluding hydrogens is 373 g/mol. The molecule has 0 amide bonds. The number of hydrogen-bond acceptors (Lipinski definition) is 1. The van der Waals surface area contributed by atoms with Crippen molar-refractivity contribution in [1.82, 2.24) is 0 Å². The Morgan fingerprint density at radius 2 is 1.59 bits per heavy atom. The van der Waals surface area contributed by atoms with Gasteiger partial charge in [-0.15, -0.1) is 0 Å². The van der Waals surface area contributed by atoms with E-state index in [4.69, 9.17) is 4.74 Å². The summed E-state index contributed by atoms with van der Waals surface area (Å²) in [5, 5.41) is 0. The van der Waals surface area contributed by atoms with Crippen LogP contribution < -0.4 is 0 Å². The normalized spacial score (nSPS) is 15.8. The van der Waals surface area contributed by atoms with Crippen molar-refractivity contribution in [2.45, 2.75) is 25.9 Å². The van der Waals surface area contributed by atoms with Crippen molar-refractivity contribution in [2.75, 3.05) is 6.61 Å². The second kappa shape index (κ2) is 8.26. The highest BCUT2D eigenvalue weighted by molar-refractivity contribution is 5.65. The molecule has 4 rings (SSSR count). The minimum Gasteiger partial charge on any atom is -0.368 e. The zero-order valence-corrected chi connectivity index (χ0v) is 16.1. The van der Waals surface area contributed by atoms with E-state index in [0.717, 1.165) is 17.5 Å². The largest absolute Gasteiger partial charge is 0.368 e. The molecule has 0 spiro atoms. The lowest BCUT2D eigenvalue weighted by Gasteiger charge is -2.09. The van der Waals surface area contributed by atoms with E-state index >= 15 is 0 Å². The number of aryl methyl sites for hydroxylation is 2. The predicted octanol–water partition coefficient (Wildman–Crippen LogP) is 6.66. The van der Waals surface area contributed by atoms with Crippen molar-refractivity contribution in [3.63, 3.8) is 0 Å². The molecule has 1 fully saturated rings. The molecule has 1 aliphatic heterocycles. The second-order valence-electron chi connectivity index (χ2n) is 7.21. The second-order valence-corrected chi connectivity index (χ2v) is 7.21. The summed E-state index contributed by atoms with van der Waals surface area (Å²) in [6.07, 6.45) is 4.66. The first-order valence-corrected chi connectivity index (χ1v) is 9.66. The summed E-state index contributed by atoms with van der Waals surface area (Å²) in [6, 6.07) is 15.8. The summed E-state index contributed by atoms with van der Waals surface area (Å²) in [6.45, 7) is 2.29. The summed E-state index contributed by atoms with van der Waals surface area (Å²) in [5.74, 6) is -1.91. The SMILES string of the molecule is C/C=C/c1ccc(CCc2ccc(-c3ccc(C4CO4)c(F)c3F)cc2)cc1F. The Bertz CT molecular complexity index is 1050. The first kappa shape index (κ1) is 19.5. The molecule has 0 bridgehead atoms. The Balaban J connectivity index is 1.46. The smallest absolute Gasteiger partial charge is 0.167 e. The van der Waals surface area contributed by atoms with Gasteiger partial charge in [-0.05, 0) is 42.5 Å². The van der Waals surface area contributed by atoms with Gasteiger partial charge in [0.1, 0.15) is 11.9 Å². The van der Waals surface area contributed by atoms with Crippen LogP contribution in [-0.2, 0) is 17.6 Å². The number of epoxide rings is 1. The summed E-state index contributed by atoms with van der Waals surface area (Å²) in [5.41, 5.74) is 3.68. The monoisotopic (exact) mass is 394 g/mol. The Hall–Kier alpha value is -2.85. The Morgan fingerprint density at radius 1 is 0.897 bits per heavy atom. The van der Waals surface area contributed by atoms with E-state index in [1.165, 1.54) is 0 Å². The van der Waals surface area contributed by atoms with Crippen LogP contribution in [0.15, 0.2) is 60.7 Å². The number of hydrogen-bond donors (Lipinski definition) is 0. The lowest BCUT2D eigenvalue weighted by atomic mass is 9.98. The van der Waals surface area contributed by atoms with E-state index in [-0.39, 0.29) is 23.0 Å². The molecule has 1 aliphatic rings. The number of rotatable bonds is 6. The third kappa shape index (κ3) is 4.28. The average Bonchev–Trinajstić information content (AvgIpc) is 3.56. The van der Waals surface area contributed by atoms with Gasteiger partial charge in [0.2, 0.25) is 0 Å². The van der Waals surface area contributed by atoms with E-state index in [9.17, 15) is 13.2 Å². The standard InChI is InChI=1S/C25H21F3O/c1-2-3-19-11-8-17(14-22(19)26)5-4-16-6-9-18(10-7-16)20-12-13-21(23-15-29-23)25(28)24(20)27/h2-3,6-14,23H,4-5,15H2,1H3/b3-2+. The lowest BCUT2D eigenvalue weighted by Crippen LogP contribution is -1.97. The van der Waals surface area contributed by atoms with Gasteiger partial charge < -0.3 is 4.74 Å². The quantitative estimate of drug-likeness (QED) is 0.426. The number of ether oxygens (including phenoxy) is 1. The molecule has 3 aromatic carbocycles. The number of halogens is 3. The van der Waals surface area contributed by atoms with Gasteiger partial charge in [-0.3, -0.25) is 0 Å². The van der Waals surface area contributed by atoms with Gasteiger partial charge in [0.25, 0.3) is 0 Å². The molecule has 1 saturated heterocycles. The molecule has 3 aromatic rings. The van der Waals surface area contributed by atoms with E-state index in [2.05, 4.69) is 0 Å². The molecule has 29 heavy (non-hydrogen) atoms. The zero-order valence-electron chi connectivity index (χ0n) is 16.1. The van der Waals surface area contributed by atoms with Crippen molar-refractivity contribution in [2.24, 2.45) is 0 Å². The van der Waals surface area contributed by atoms with Crippen LogP contribution in [0.1, 0.15) is 35.3 Å². The first-order chi connectivity index (χ1) is 14.1. The van der Waals surface area contributed by atoms with Crippen LogP contribution in [0.4, 0.5) is 13.2 Å². The van der Waals surface area contributed by atoms with E-state index in [1.54, 1.807) is 42.5 Å². The van der Waals surface area contributed by atoms with Gasteiger partial charge in [0.05, 0.1) is 6.61 Å². The van der Waals surface area contributed by atoms with Gasteiger partial charge in [0, 0.05) is 16.7 Å². The highest BCUT2D eigenvalue weighted by Crippen LogP contribution is 2.35.